The second-order valence-electron chi connectivity index (χ2n) is 7.79. The lowest BCUT2D eigenvalue weighted by molar-refractivity contribution is -0.313. The highest BCUT2D eigenvalue weighted by atomic mass is 32.2. The second-order valence-corrected chi connectivity index (χ2v) is 8.79. The standard InChI is InChI=1S/C16H23N5O5S/c1-8(2)5-10-12(22)20-7-27-6-11(20)16(25)21(10)14(24)15(26-16,9(3)4)13(23)18-19-17/h8-11,25H,5-7H2,1-4H3/t10-,11+,15-,16-/m0/s1. The van der Waals surface area contributed by atoms with Gasteiger partial charge in [-0.25, -0.2) is 0 Å². The van der Waals surface area contributed by atoms with Crippen LogP contribution in [-0.4, -0.2) is 67.9 Å². The van der Waals surface area contributed by atoms with Gasteiger partial charge in [-0.15, -0.1) is 11.8 Å². The van der Waals surface area contributed by atoms with Crippen LogP contribution in [0.1, 0.15) is 34.1 Å². The predicted molar refractivity (Wildman–Crippen MR) is 95.8 cm³/mol. The molecule has 0 spiro atoms. The van der Waals surface area contributed by atoms with Crippen LogP contribution in [-0.2, 0) is 19.1 Å². The number of nitrogens with zero attached hydrogens (tertiary/aromatic N) is 5. The molecule has 4 atom stereocenters. The first-order chi connectivity index (χ1) is 12.6. The molecule has 0 saturated carbocycles. The Morgan fingerprint density at radius 3 is 2.67 bits per heavy atom. The van der Waals surface area contributed by atoms with Crippen molar-refractivity contribution in [1.29, 1.82) is 0 Å². The molecule has 3 aliphatic heterocycles. The number of ether oxygens (including phenoxy) is 1. The molecule has 0 aliphatic carbocycles. The van der Waals surface area contributed by atoms with Crippen molar-refractivity contribution in [1.82, 2.24) is 9.80 Å². The van der Waals surface area contributed by atoms with E-state index in [2.05, 4.69) is 10.0 Å². The van der Waals surface area contributed by atoms with Gasteiger partial charge in [-0.2, -0.15) is 0 Å². The van der Waals surface area contributed by atoms with Crippen LogP contribution in [0.15, 0.2) is 5.11 Å². The fraction of sp³-hybridized carbons (Fsp3) is 0.812. The summed E-state index contributed by atoms with van der Waals surface area (Å²) in [5.41, 5.74) is 6.54. The topological polar surface area (TPSA) is 136 Å². The molecule has 11 heteroatoms. The van der Waals surface area contributed by atoms with Crippen molar-refractivity contribution in [2.24, 2.45) is 17.0 Å². The van der Waals surface area contributed by atoms with Gasteiger partial charge in [0.05, 0.1) is 5.88 Å². The number of carbonyl (C=O) groups excluding carboxylic acids is 3. The van der Waals surface area contributed by atoms with Crippen LogP contribution in [0.4, 0.5) is 0 Å². The van der Waals surface area contributed by atoms with Crippen LogP contribution in [0.3, 0.4) is 0 Å². The fourth-order valence-corrected chi connectivity index (χ4v) is 5.26. The first kappa shape index (κ1) is 19.9. The summed E-state index contributed by atoms with van der Waals surface area (Å²) < 4.78 is 5.81. The number of thioether (sulfide) groups is 1. The normalized spacial score (nSPS) is 35.5. The number of fused-ring (bicyclic) bond motifs is 3. The van der Waals surface area contributed by atoms with E-state index in [4.69, 9.17) is 10.3 Å². The summed E-state index contributed by atoms with van der Waals surface area (Å²) in [6, 6.07) is -1.74. The van der Waals surface area contributed by atoms with E-state index in [0.29, 0.717) is 18.1 Å². The van der Waals surface area contributed by atoms with E-state index in [-0.39, 0.29) is 11.8 Å². The van der Waals surface area contributed by atoms with Gasteiger partial charge >= 0.3 is 0 Å². The Morgan fingerprint density at radius 2 is 2.11 bits per heavy atom. The quantitative estimate of drug-likeness (QED) is 0.326. The molecule has 0 aromatic rings. The SMILES string of the molecule is CC(C)C[C@H]1C(=O)N2CSC[C@@H]2[C@]2(O)O[C@](C(=O)N=[N+]=[N-])(C(C)C)C(=O)N12. The molecule has 0 radical (unpaired) electrons. The van der Waals surface area contributed by atoms with E-state index in [9.17, 15) is 19.5 Å². The molecule has 3 rings (SSSR count). The average molecular weight is 397 g/mol. The van der Waals surface area contributed by atoms with Crippen molar-refractivity contribution in [3.8, 4) is 0 Å². The highest BCUT2D eigenvalue weighted by molar-refractivity contribution is 7.99. The first-order valence-electron chi connectivity index (χ1n) is 8.85. The number of hydrogen-bond acceptors (Lipinski definition) is 6. The maximum atomic E-state index is 13.4. The molecule has 0 aromatic carbocycles. The number of aliphatic hydroxyl groups is 1. The Hall–Kier alpha value is -1.81. The highest BCUT2D eigenvalue weighted by Gasteiger charge is 2.73. The lowest BCUT2D eigenvalue weighted by Crippen LogP contribution is -2.72. The van der Waals surface area contributed by atoms with Crippen LogP contribution in [0.2, 0.25) is 0 Å². The summed E-state index contributed by atoms with van der Waals surface area (Å²) in [7, 11) is 0. The van der Waals surface area contributed by atoms with E-state index < -0.39 is 41.3 Å². The van der Waals surface area contributed by atoms with Gasteiger partial charge in [0.25, 0.3) is 17.7 Å². The number of hydrogen-bond donors (Lipinski definition) is 1. The molecular formula is C16H23N5O5S. The molecule has 0 bridgehead atoms. The van der Waals surface area contributed by atoms with E-state index in [1.54, 1.807) is 13.8 Å². The number of amides is 3. The lowest BCUT2D eigenvalue weighted by Gasteiger charge is -2.48. The smallest absolute Gasteiger partial charge is 0.276 e. The van der Waals surface area contributed by atoms with Gasteiger partial charge in [-0.05, 0) is 28.9 Å². The summed E-state index contributed by atoms with van der Waals surface area (Å²) in [6.45, 7) is 6.95. The number of azide groups is 1. The van der Waals surface area contributed by atoms with Crippen LogP contribution >= 0.6 is 11.8 Å². The molecule has 27 heavy (non-hydrogen) atoms. The van der Waals surface area contributed by atoms with Crippen molar-refractivity contribution in [3.05, 3.63) is 10.4 Å². The summed E-state index contributed by atoms with van der Waals surface area (Å²) in [5, 5.41) is 14.5. The minimum absolute atomic E-state index is 0.0599. The monoisotopic (exact) mass is 397 g/mol. The third kappa shape index (κ3) is 2.64. The van der Waals surface area contributed by atoms with Crippen molar-refractivity contribution in [2.75, 3.05) is 11.6 Å². The third-order valence-corrected chi connectivity index (χ3v) is 6.36. The van der Waals surface area contributed by atoms with Crippen LogP contribution < -0.4 is 0 Å². The molecular weight excluding hydrogens is 374 g/mol. The largest absolute Gasteiger partial charge is 0.347 e. The number of carbonyl (C=O) groups is 3. The molecule has 0 unspecified atom stereocenters. The van der Waals surface area contributed by atoms with Crippen molar-refractivity contribution >= 4 is 29.5 Å². The van der Waals surface area contributed by atoms with Crippen molar-refractivity contribution in [2.45, 2.75) is 57.7 Å². The van der Waals surface area contributed by atoms with Gasteiger partial charge < -0.3 is 14.7 Å². The maximum absolute atomic E-state index is 13.4. The maximum Gasteiger partial charge on any atom is 0.276 e. The van der Waals surface area contributed by atoms with Gasteiger partial charge in [0.2, 0.25) is 11.5 Å². The van der Waals surface area contributed by atoms with E-state index in [1.807, 2.05) is 13.8 Å². The van der Waals surface area contributed by atoms with Gasteiger partial charge in [-0.1, -0.05) is 27.7 Å². The first-order valence-corrected chi connectivity index (χ1v) is 10.0. The number of piperazine rings is 1. The molecule has 3 amide bonds. The Morgan fingerprint density at radius 1 is 1.44 bits per heavy atom. The molecule has 3 fully saturated rings. The second kappa shape index (κ2) is 6.66. The fourth-order valence-electron chi connectivity index (χ4n) is 4.04. The molecule has 148 valence electrons. The Balaban J connectivity index is 2.17. The summed E-state index contributed by atoms with van der Waals surface area (Å²) in [6.07, 6.45) is 0.314. The molecule has 3 heterocycles. The third-order valence-electron chi connectivity index (χ3n) is 5.35. The molecule has 0 aromatic heterocycles. The minimum Gasteiger partial charge on any atom is -0.347 e. The zero-order valence-corrected chi connectivity index (χ0v) is 16.5. The van der Waals surface area contributed by atoms with Crippen LogP contribution in [0, 0.1) is 11.8 Å². The van der Waals surface area contributed by atoms with Gasteiger partial charge in [-0.3, -0.25) is 19.3 Å². The van der Waals surface area contributed by atoms with Gasteiger partial charge in [0.15, 0.2) is 0 Å². The van der Waals surface area contributed by atoms with Crippen molar-refractivity contribution in [3.63, 3.8) is 0 Å². The minimum atomic E-state index is -2.15. The summed E-state index contributed by atoms with van der Waals surface area (Å²) in [5.74, 6) is -4.25. The van der Waals surface area contributed by atoms with E-state index >= 15 is 0 Å². The predicted octanol–water partition coefficient (Wildman–Crippen LogP) is 1.05. The Labute approximate surface area is 160 Å². The van der Waals surface area contributed by atoms with Crippen LogP contribution in [0.25, 0.3) is 10.4 Å². The highest BCUT2D eigenvalue weighted by Crippen LogP contribution is 2.49. The molecule has 3 aliphatic rings. The van der Waals surface area contributed by atoms with E-state index in [1.165, 1.54) is 16.7 Å². The van der Waals surface area contributed by atoms with E-state index in [0.717, 1.165) is 4.90 Å². The Kier molecular flexibility index (Phi) is 4.92. The molecule has 10 nitrogen and oxygen atoms in total. The zero-order chi connectivity index (χ0) is 20.1. The molecule has 1 N–H and O–H groups in total. The Bertz CT molecular complexity index is 739. The van der Waals surface area contributed by atoms with Gasteiger partial charge in [0, 0.05) is 10.7 Å². The van der Waals surface area contributed by atoms with Gasteiger partial charge in [0.1, 0.15) is 12.1 Å². The average Bonchev–Trinajstić information content (AvgIpc) is 3.15. The van der Waals surface area contributed by atoms with Crippen LogP contribution in [0.5, 0.6) is 0 Å². The zero-order valence-electron chi connectivity index (χ0n) is 15.7. The number of rotatable bonds is 4. The lowest BCUT2D eigenvalue weighted by atomic mass is 9.87. The summed E-state index contributed by atoms with van der Waals surface area (Å²) >= 11 is 1.44. The summed E-state index contributed by atoms with van der Waals surface area (Å²) in [4.78, 5) is 44.1. The van der Waals surface area contributed by atoms with Crippen molar-refractivity contribution < 1.29 is 24.2 Å². The molecule has 3 saturated heterocycles.